The number of unbranched alkanes of at least 4 members (excludes halogenated alkanes) is 13. The molecule has 0 amide bonds. The van der Waals surface area contributed by atoms with E-state index in [1.807, 2.05) is 97.2 Å². The standard InChI is InChI=1S/C61H90O6/c1-4-7-10-13-16-19-22-25-28-30-32-33-36-39-42-45-48-51-54-60(63)66-57-58(56-65-59(62)53-50-47-44-41-38-35-27-24-21-18-15-12-9-6-3)67-61(64)55-52-49-46-43-40-37-34-31-29-26-23-20-17-14-11-8-5-2/h8-14,16-23,25-35,37,40,58H,4-7,15,24,36,38-39,41-57H2,1-3H3/b11-8-,12-9-,13-10-,17-14-,19-16-,21-18-,23-20-,25-22-,29-26-,30-28-,33-32-,34-31+,35-27-,40-37-. The Morgan fingerprint density at radius 1 is 0.328 bits per heavy atom. The molecule has 0 saturated carbocycles. The molecule has 0 aliphatic heterocycles. The fourth-order valence-corrected chi connectivity index (χ4v) is 6.16. The summed E-state index contributed by atoms with van der Waals surface area (Å²) < 4.78 is 16.7. The molecule has 6 nitrogen and oxygen atoms in total. The molecule has 0 heterocycles. The smallest absolute Gasteiger partial charge is 0.306 e. The van der Waals surface area contributed by atoms with Gasteiger partial charge in [-0.3, -0.25) is 14.4 Å². The van der Waals surface area contributed by atoms with Crippen LogP contribution in [0.2, 0.25) is 0 Å². The van der Waals surface area contributed by atoms with Crippen LogP contribution in [-0.2, 0) is 28.6 Å². The second-order valence-corrected chi connectivity index (χ2v) is 16.2. The second kappa shape index (κ2) is 53.4. The maximum atomic E-state index is 12.8. The topological polar surface area (TPSA) is 78.9 Å². The molecule has 0 aliphatic carbocycles. The normalized spacial score (nSPS) is 13.5. The third-order valence-electron chi connectivity index (χ3n) is 9.96. The van der Waals surface area contributed by atoms with E-state index in [1.54, 1.807) is 0 Å². The van der Waals surface area contributed by atoms with Crippen LogP contribution in [0, 0.1) is 0 Å². The van der Waals surface area contributed by atoms with Gasteiger partial charge < -0.3 is 14.2 Å². The first-order chi connectivity index (χ1) is 33.0. The molecular weight excluding hydrogens is 829 g/mol. The van der Waals surface area contributed by atoms with Crippen molar-refractivity contribution in [3.05, 3.63) is 170 Å². The molecule has 0 aromatic rings. The van der Waals surface area contributed by atoms with Gasteiger partial charge in [0, 0.05) is 19.3 Å². The Balaban J connectivity index is 4.62. The Bertz CT molecular complexity index is 1620. The van der Waals surface area contributed by atoms with Gasteiger partial charge in [0.25, 0.3) is 0 Å². The Hall–Kier alpha value is -5.23. The summed E-state index contributed by atoms with van der Waals surface area (Å²) in [5.41, 5.74) is 0. The van der Waals surface area contributed by atoms with E-state index in [0.717, 1.165) is 122 Å². The van der Waals surface area contributed by atoms with Crippen molar-refractivity contribution in [2.45, 2.75) is 181 Å². The number of allylic oxidation sites excluding steroid dienone is 28. The molecule has 0 aromatic carbocycles. The molecule has 0 N–H and O–H groups in total. The summed E-state index contributed by atoms with van der Waals surface area (Å²) in [6, 6.07) is 0. The summed E-state index contributed by atoms with van der Waals surface area (Å²) in [5.74, 6) is -1.03. The molecule has 0 bridgehead atoms. The highest BCUT2D eigenvalue weighted by Crippen LogP contribution is 2.12. The van der Waals surface area contributed by atoms with Crippen LogP contribution < -0.4 is 0 Å². The summed E-state index contributed by atoms with van der Waals surface area (Å²) >= 11 is 0. The highest BCUT2D eigenvalue weighted by molar-refractivity contribution is 5.71. The first kappa shape index (κ1) is 61.8. The van der Waals surface area contributed by atoms with Crippen molar-refractivity contribution in [3.8, 4) is 0 Å². The van der Waals surface area contributed by atoms with Crippen LogP contribution in [0.15, 0.2) is 170 Å². The molecule has 0 spiro atoms. The van der Waals surface area contributed by atoms with Crippen molar-refractivity contribution in [1.29, 1.82) is 0 Å². The lowest BCUT2D eigenvalue weighted by Crippen LogP contribution is -2.30. The van der Waals surface area contributed by atoms with Crippen LogP contribution >= 0.6 is 0 Å². The molecule has 1 unspecified atom stereocenters. The number of hydrogen-bond donors (Lipinski definition) is 0. The molecule has 0 aliphatic rings. The Morgan fingerprint density at radius 3 is 1.10 bits per heavy atom. The number of carbonyl (C=O) groups is 3. The van der Waals surface area contributed by atoms with Gasteiger partial charge in [-0.15, -0.1) is 0 Å². The minimum Gasteiger partial charge on any atom is -0.462 e. The Morgan fingerprint density at radius 2 is 0.657 bits per heavy atom. The third kappa shape index (κ3) is 51.6. The third-order valence-corrected chi connectivity index (χ3v) is 9.96. The lowest BCUT2D eigenvalue weighted by Gasteiger charge is -2.18. The van der Waals surface area contributed by atoms with Crippen molar-refractivity contribution in [3.63, 3.8) is 0 Å². The van der Waals surface area contributed by atoms with Crippen molar-refractivity contribution >= 4 is 17.9 Å². The lowest BCUT2D eigenvalue weighted by atomic mass is 10.1. The van der Waals surface area contributed by atoms with Crippen molar-refractivity contribution in [2.24, 2.45) is 0 Å². The molecule has 0 radical (unpaired) electrons. The molecule has 0 saturated heterocycles. The summed E-state index contributed by atoms with van der Waals surface area (Å²) in [6.45, 7) is 6.18. The van der Waals surface area contributed by atoms with Crippen molar-refractivity contribution in [1.82, 2.24) is 0 Å². The quantitative estimate of drug-likeness (QED) is 0.0199. The zero-order valence-corrected chi connectivity index (χ0v) is 42.1. The molecule has 67 heavy (non-hydrogen) atoms. The SMILES string of the molecule is CC\C=C/C=C\C=C/C=C\C=C\C=C/CCCCCC(=O)OC(COC(=O)CCCCCC/C=C\C/C=C\C/C=C\CC)COC(=O)CCCCCCC\C=C/C=C\C=C/C=C\C=C/CCC. The Labute approximate surface area is 409 Å². The highest BCUT2D eigenvalue weighted by atomic mass is 16.6. The molecular formula is C61H90O6. The summed E-state index contributed by atoms with van der Waals surface area (Å²) in [5, 5.41) is 0. The predicted octanol–water partition coefficient (Wildman–Crippen LogP) is 17.2. The van der Waals surface area contributed by atoms with E-state index in [-0.39, 0.29) is 37.5 Å². The van der Waals surface area contributed by atoms with Crippen LogP contribution in [0.1, 0.15) is 175 Å². The summed E-state index contributed by atoms with van der Waals surface area (Å²) in [6.07, 6.45) is 78.9. The van der Waals surface area contributed by atoms with Gasteiger partial charge in [-0.1, -0.05) is 236 Å². The van der Waals surface area contributed by atoms with Gasteiger partial charge >= 0.3 is 17.9 Å². The number of ether oxygens (including phenoxy) is 3. The van der Waals surface area contributed by atoms with E-state index in [4.69, 9.17) is 14.2 Å². The van der Waals surface area contributed by atoms with Gasteiger partial charge in [-0.25, -0.2) is 0 Å². The average molecular weight is 919 g/mol. The van der Waals surface area contributed by atoms with Crippen LogP contribution in [0.4, 0.5) is 0 Å². The molecule has 0 fully saturated rings. The van der Waals surface area contributed by atoms with E-state index in [0.29, 0.717) is 19.3 Å². The van der Waals surface area contributed by atoms with Gasteiger partial charge in [-0.05, 0) is 89.9 Å². The van der Waals surface area contributed by atoms with E-state index in [2.05, 4.69) is 93.7 Å². The summed E-state index contributed by atoms with van der Waals surface area (Å²) in [4.78, 5) is 38.0. The molecule has 0 rings (SSSR count). The molecule has 370 valence electrons. The first-order valence-corrected chi connectivity index (χ1v) is 25.8. The van der Waals surface area contributed by atoms with E-state index in [9.17, 15) is 14.4 Å². The molecule has 6 heteroatoms. The largest absolute Gasteiger partial charge is 0.462 e. The average Bonchev–Trinajstić information content (AvgIpc) is 3.33. The van der Waals surface area contributed by atoms with Gasteiger partial charge in [0.05, 0.1) is 0 Å². The first-order valence-electron chi connectivity index (χ1n) is 25.8. The van der Waals surface area contributed by atoms with E-state index < -0.39 is 6.10 Å². The zero-order valence-electron chi connectivity index (χ0n) is 42.1. The maximum absolute atomic E-state index is 12.8. The van der Waals surface area contributed by atoms with E-state index in [1.165, 1.54) is 6.42 Å². The number of carbonyl (C=O) groups excluding carboxylic acids is 3. The van der Waals surface area contributed by atoms with Gasteiger partial charge in [0.2, 0.25) is 0 Å². The monoisotopic (exact) mass is 919 g/mol. The van der Waals surface area contributed by atoms with Crippen LogP contribution in [0.5, 0.6) is 0 Å². The van der Waals surface area contributed by atoms with Crippen LogP contribution in [-0.4, -0.2) is 37.2 Å². The maximum Gasteiger partial charge on any atom is 0.306 e. The zero-order chi connectivity index (χ0) is 48.6. The molecule has 0 aromatic heterocycles. The van der Waals surface area contributed by atoms with Crippen molar-refractivity contribution < 1.29 is 28.6 Å². The molecule has 1 atom stereocenters. The predicted molar refractivity (Wildman–Crippen MR) is 288 cm³/mol. The lowest BCUT2D eigenvalue weighted by molar-refractivity contribution is -0.167. The Kier molecular flexibility index (Phi) is 49.2. The summed E-state index contributed by atoms with van der Waals surface area (Å²) in [7, 11) is 0. The minimum absolute atomic E-state index is 0.126. The fourth-order valence-electron chi connectivity index (χ4n) is 6.16. The highest BCUT2D eigenvalue weighted by Gasteiger charge is 2.19. The van der Waals surface area contributed by atoms with Crippen LogP contribution in [0.25, 0.3) is 0 Å². The number of esters is 3. The fraction of sp³-hybridized carbons (Fsp3) is 0.492. The number of rotatable bonds is 43. The van der Waals surface area contributed by atoms with Gasteiger partial charge in [0.15, 0.2) is 6.10 Å². The van der Waals surface area contributed by atoms with Crippen molar-refractivity contribution in [2.75, 3.05) is 13.2 Å². The van der Waals surface area contributed by atoms with Crippen LogP contribution in [0.3, 0.4) is 0 Å². The van der Waals surface area contributed by atoms with Gasteiger partial charge in [-0.2, -0.15) is 0 Å². The number of hydrogen-bond acceptors (Lipinski definition) is 6. The minimum atomic E-state index is -0.831. The second-order valence-electron chi connectivity index (χ2n) is 16.2. The van der Waals surface area contributed by atoms with E-state index >= 15 is 0 Å². The van der Waals surface area contributed by atoms with Gasteiger partial charge in [0.1, 0.15) is 13.2 Å².